The monoisotopic (exact) mass is 451 g/mol. The van der Waals surface area contributed by atoms with Gasteiger partial charge in [-0.3, -0.25) is 4.98 Å². The maximum absolute atomic E-state index is 13.1. The summed E-state index contributed by atoms with van der Waals surface area (Å²) >= 11 is 0. The van der Waals surface area contributed by atoms with Crippen LogP contribution in [0.4, 0.5) is 13.2 Å². The summed E-state index contributed by atoms with van der Waals surface area (Å²) in [5.74, 6) is 1.67. The lowest BCUT2D eigenvalue weighted by Gasteiger charge is -2.10. The van der Waals surface area contributed by atoms with Crippen LogP contribution in [-0.4, -0.2) is 31.9 Å². The molecule has 0 aliphatic carbocycles. The number of halogens is 3. The molecule has 5 rings (SSSR count). The molecule has 0 saturated carbocycles. The average Bonchev–Trinajstić information content (AvgIpc) is 3.24. The Labute approximate surface area is 185 Å². The molecular formula is C23H16F3N5O2. The standard InChI is InChI=1S/C23H16F3N5O2/c1-32-16-5-6-17-19(12-16)27-10-9-20(17)33-13-22-29-28-21-8-7-18(30-31(21)22)14-3-2-4-15(11-14)23(24,25)26/h2-12H,13H2,1H3. The molecule has 0 aliphatic heterocycles. The first-order valence-electron chi connectivity index (χ1n) is 9.87. The molecule has 0 fully saturated rings. The molecule has 0 atom stereocenters. The zero-order chi connectivity index (χ0) is 23.0. The molecule has 3 aromatic heterocycles. The van der Waals surface area contributed by atoms with Gasteiger partial charge >= 0.3 is 6.18 Å². The molecular weight excluding hydrogens is 435 g/mol. The van der Waals surface area contributed by atoms with E-state index in [1.165, 1.54) is 10.6 Å². The highest BCUT2D eigenvalue weighted by Gasteiger charge is 2.30. The molecule has 0 unspecified atom stereocenters. The quantitative estimate of drug-likeness (QED) is 0.377. The second kappa shape index (κ2) is 8.05. The number of ether oxygens (including phenoxy) is 2. The van der Waals surface area contributed by atoms with Gasteiger partial charge in [0.25, 0.3) is 0 Å². The lowest BCUT2D eigenvalue weighted by molar-refractivity contribution is -0.137. The lowest BCUT2D eigenvalue weighted by atomic mass is 10.1. The molecule has 0 amide bonds. The van der Waals surface area contributed by atoms with Crippen LogP contribution in [0.3, 0.4) is 0 Å². The highest BCUT2D eigenvalue weighted by molar-refractivity contribution is 5.85. The first-order valence-corrected chi connectivity index (χ1v) is 9.87. The third-order valence-corrected chi connectivity index (χ3v) is 5.08. The Hall–Kier alpha value is -4.21. The summed E-state index contributed by atoms with van der Waals surface area (Å²) in [7, 11) is 1.58. The van der Waals surface area contributed by atoms with E-state index in [2.05, 4.69) is 20.3 Å². The van der Waals surface area contributed by atoms with Crippen LogP contribution in [0.2, 0.25) is 0 Å². The zero-order valence-electron chi connectivity index (χ0n) is 17.2. The van der Waals surface area contributed by atoms with Gasteiger partial charge in [-0.25, -0.2) is 0 Å². The molecule has 0 radical (unpaired) electrons. The van der Waals surface area contributed by atoms with Crippen LogP contribution < -0.4 is 9.47 Å². The maximum Gasteiger partial charge on any atom is 0.416 e. The van der Waals surface area contributed by atoms with Gasteiger partial charge in [0.05, 0.1) is 23.9 Å². The van der Waals surface area contributed by atoms with Crippen LogP contribution in [-0.2, 0) is 12.8 Å². The summed E-state index contributed by atoms with van der Waals surface area (Å²) in [6.07, 6.45) is -2.81. The van der Waals surface area contributed by atoms with Gasteiger partial charge in [-0.2, -0.15) is 22.8 Å². The van der Waals surface area contributed by atoms with Crippen molar-refractivity contribution in [2.75, 3.05) is 7.11 Å². The number of hydrogen-bond donors (Lipinski definition) is 0. The van der Waals surface area contributed by atoms with Gasteiger partial charge in [0, 0.05) is 23.2 Å². The van der Waals surface area contributed by atoms with Crippen molar-refractivity contribution in [3.8, 4) is 22.8 Å². The Morgan fingerprint density at radius 2 is 1.85 bits per heavy atom. The molecule has 166 valence electrons. The molecule has 33 heavy (non-hydrogen) atoms. The van der Waals surface area contributed by atoms with E-state index in [0.717, 1.165) is 17.5 Å². The SMILES string of the molecule is COc1ccc2c(OCc3nnc4ccc(-c5cccc(C(F)(F)F)c5)nn34)ccnc2c1. The zero-order valence-corrected chi connectivity index (χ0v) is 17.2. The van der Waals surface area contributed by atoms with Crippen molar-refractivity contribution < 1.29 is 22.6 Å². The van der Waals surface area contributed by atoms with Crippen molar-refractivity contribution in [3.63, 3.8) is 0 Å². The highest BCUT2D eigenvalue weighted by atomic mass is 19.4. The Morgan fingerprint density at radius 3 is 2.67 bits per heavy atom. The minimum atomic E-state index is -4.44. The molecule has 0 N–H and O–H groups in total. The maximum atomic E-state index is 13.1. The van der Waals surface area contributed by atoms with Gasteiger partial charge < -0.3 is 9.47 Å². The minimum Gasteiger partial charge on any atom is -0.497 e. The number of nitrogens with zero attached hydrogens (tertiary/aromatic N) is 5. The Kier molecular flexibility index (Phi) is 5.04. The van der Waals surface area contributed by atoms with Crippen molar-refractivity contribution in [1.29, 1.82) is 0 Å². The number of rotatable bonds is 5. The molecule has 3 heterocycles. The summed E-state index contributed by atoms with van der Waals surface area (Å²) in [5, 5.41) is 13.4. The molecule has 7 nitrogen and oxygen atoms in total. The van der Waals surface area contributed by atoms with Gasteiger partial charge in [-0.15, -0.1) is 10.2 Å². The van der Waals surface area contributed by atoms with Crippen LogP contribution in [0.25, 0.3) is 27.8 Å². The third kappa shape index (κ3) is 4.02. The van der Waals surface area contributed by atoms with Crippen LogP contribution in [0.5, 0.6) is 11.5 Å². The number of aromatic nitrogens is 5. The summed E-state index contributed by atoms with van der Waals surface area (Å²) in [6.45, 7) is 0.0470. The lowest BCUT2D eigenvalue weighted by Crippen LogP contribution is -2.06. The smallest absolute Gasteiger partial charge is 0.416 e. The number of hydrogen-bond acceptors (Lipinski definition) is 6. The molecule has 0 bridgehead atoms. The van der Waals surface area contributed by atoms with Gasteiger partial charge in [0.2, 0.25) is 0 Å². The summed E-state index contributed by atoms with van der Waals surface area (Å²) in [6, 6.07) is 15.5. The van der Waals surface area contributed by atoms with E-state index in [1.807, 2.05) is 12.1 Å². The summed E-state index contributed by atoms with van der Waals surface area (Å²) in [5.41, 5.74) is 1.12. The fourth-order valence-corrected chi connectivity index (χ4v) is 3.43. The Bertz CT molecular complexity index is 1470. The van der Waals surface area contributed by atoms with Crippen LogP contribution >= 0.6 is 0 Å². The average molecular weight is 451 g/mol. The van der Waals surface area contributed by atoms with Gasteiger partial charge in [0.15, 0.2) is 11.5 Å². The highest BCUT2D eigenvalue weighted by Crippen LogP contribution is 2.32. The first-order chi connectivity index (χ1) is 15.9. The fraction of sp³-hybridized carbons (Fsp3) is 0.130. The summed E-state index contributed by atoms with van der Waals surface area (Å²) < 4.78 is 51.9. The van der Waals surface area contributed by atoms with E-state index in [1.54, 1.807) is 43.6 Å². The topological polar surface area (TPSA) is 74.4 Å². The second-order valence-electron chi connectivity index (χ2n) is 7.16. The molecule has 0 saturated heterocycles. The molecule has 0 aliphatic rings. The van der Waals surface area contributed by atoms with Crippen molar-refractivity contribution in [2.45, 2.75) is 12.8 Å². The number of pyridine rings is 1. The van der Waals surface area contributed by atoms with E-state index in [4.69, 9.17) is 9.47 Å². The number of alkyl halides is 3. The van der Waals surface area contributed by atoms with E-state index >= 15 is 0 Å². The normalized spacial score (nSPS) is 11.8. The van der Waals surface area contributed by atoms with Crippen LogP contribution in [0, 0.1) is 0 Å². The van der Waals surface area contributed by atoms with Crippen molar-refractivity contribution in [1.82, 2.24) is 24.8 Å². The van der Waals surface area contributed by atoms with Crippen molar-refractivity contribution in [3.05, 3.63) is 78.2 Å². The number of methoxy groups -OCH3 is 1. The molecule has 5 aromatic rings. The van der Waals surface area contributed by atoms with Gasteiger partial charge in [0.1, 0.15) is 18.1 Å². The largest absolute Gasteiger partial charge is 0.497 e. The molecule has 10 heteroatoms. The number of benzene rings is 2. The fourth-order valence-electron chi connectivity index (χ4n) is 3.43. The number of fused-ring (bicyclic) bond motifs is 2. The van der Waals surface area contributed by atoms with Crippen molar-refractivity contribution >= 4 is 16.6 Å². The Balaban J connectivity index is 1.45. The molecule has 0 spiro atoms. The van der Waals surface area contributed by atoms with Crippen LogP contribution in [0.1, 0.15) is 11.4 Å². The van der Waals surface area contributed by atoms with E-state index in [0.29, 0.717) is 39.7 Å². The van der Waals surface area contributed by atoms with E-state index in [-0.39, 0.29) is 6.61 Å². The first kappa shape index (κ1) is 20.7. The van der Waals surface area contributed by atoms with E-state index in [9.17, 15) is 13.2 Å². The predicted molar refractivity (Wildman–Crippen MR) is 114 cm³/mol. The van der Waals surface area contributed by atoms with Crippen molar-refractivity contribution in [2.24, 2.45) is 0 Å². The third-order valence-electron chi connectivity index (χ3n) is 5.08. The molecule has 2 aromatic carbocycles. The van der Waals surface area contributed by atoms with Crippen LogP contribution in [0.15, 0.2) is 66.9 Å². The van der Waals surface area contributed by atoms with Gasteiger partial charge in [-0.1, -0.05) is 12.1 Å². The summed E-state index contributed by atoms with van der Waals surface area (Å²) in [4.78, 5) is 4.33. The second-order valence-corrected chi connectivity index (χ2v) is 7.16. The minimum absolute atomic E-state index is 0.0470. The van der Waals surface area contributed by atoms with Gasteiger partial charge in [-0.05, 0) is 42.5 Å². The predicted octanol–water partition coefficient (Wildman–Crippen LogP) is 4.95. The Morgan fingerprint density at radius 1 is 0.970 bits per heavy atom. The van der Waals surface area contributed by atoms with E-state index < -0.39 is 11.7 Å².